The van der Waals surface area contributed by atoms with Crippen LogP contribution in [0.25, 0.3) is 28.0 Å². The first-order chi connectivity index (χ1) is 13.3. The molecule has 0 saturated carbocycles. The lowest BCUT2D eigenvalue weighted by Crippen LogP contribution is -2.11. The molecule has 4 heterocycles. The predicted octanol–water partition coefficient (Wildman–Crippen LogP) is 3.02. The van der Waals surface area contributed by atoms with E-state index < -0.39 is 0 Å². The highest BCUT2D eigenvalue weighted by atomic mass is 16.3. The van der Waals surface area contributed by atoms with Gasteiger partial charge in [-0.05, 0) is 32.4 Å². The molecule has 0 saturated heterocycles. The third kappa shape index (κ3) is 2.11. The van der Waals surface area contributed by atoms with E-state index >= 15 is 0 Å². The molecule has 8 heteroatoms. The Morgan fingerprint density at radius 3 is 2.64 bits per heavy atom. The number of carbonyl (C=O) groups excluding carboxylic acids is 1. The van der Waals surface area contributed by atoms with Crippen LogP contribution >= 0.6 is 0 Å². The van der Waals surface area contributed by atoms with Crippen LogP contribution in [0, 0.1) is 20.8 Å². The quantitative estimate of drug-likeness (QED) is 0.534. The normalized spacial score (nSPS) is 12.8. The molecule has 4 aromatic rings. The van der Waals surface area contributed by atoms with Crippen molar-refractivity contribution in [1.29, 1.82) is 0 Å². The Hall–Kier alpha value is -3.68. The lowest BCUT2D eigenvalue weighted by molar-refractivity contribution is 0.102. The van der Waals surface area contributed by atoms with Crippen LogP contribution in [0.1, 0.15) is 27.3 Å². The SMILES string of the molecule is Cc1nc2c3c(cn(-c4c(C)ccc(O)c4C)c3n1)C(=O)Nc1nn(C)cc1-2. The van der Waals surface area contributed by atoms with Crippen LogP contribution in [0.2, 0.25) is 0 Å². The maximum absolute atomic E-state index is 13.0. The summed E-state index contributed by atoms with van der Waals surface area (Å²) in [6.07, 6.45) is 3.60. The maximum atomic E-state index is 13.0. The lowest BCUT2D eigenvalue weighted by Gasteiger charge is -2.14. The number of benzene rings is 1. The van der Waals surface area contributed by atoms with Gasteiger partial charge in [0.2, 0.25) is 0 Å². The minimum Gasteiger partial charge on any atom is -0.508 e. The monoisotopic (exact) mass is 374 g/mol. The van der Waals surface area contributed by atoms with Crippen molar-refractivity contribution in [2.75, 3.05) is 5.32 Å². The fourth-order valence-electron chi connectivity index (χ4n) is 3.90. The summed E-state index contributed by atoms with van der Waals surface area (Å²) in [6.45, 7) is 5.64. The summed E-state index contributed by atoms with van der Waals surface area (Å²) in [5.74, 6) is 1.01. The zero-order chi connectivity index (χ0) is 19.7. The number of amides is 1. The minimum atomic E-state index is -0.259. The fraction of sp³-hybridized carbons (Fsp3) is 0.200. The van der Waals surface area contributed by atoms with Crippen molar-refractivity contribution in [2.45, 2.75) is 20.8 Å². The van der Waals surface area contributed by atoms with Crippen LogP contribution in [-0.4, -0.2) is 35.3 Å². The van der Waals surface area contributed by atoms with Crippen LogP contribution in [0.5, 0.6) is 5.75 Å². The molecule has 1 aliphatic heterocycles. The summed E-state index contributed by atoms with van der Waals surface area (Å²) in [6, 6.07) is 3.52. The molecule has 2 N–H and O–H groups in total. The number of anilines is 1. The topological polar surface area (TPSA) is 97.9 Å². The van der Waals surface area contributed by atoms with Crippen molar-refractivity contribution in [3.63, 3.8) is 0 Å². The first-order valence-electron chi connectivity index (χ1n) is 8.89. The molecule has 140 valence electrons. The third-order valence-corrected chi connectivity index (χ3v) is 5.16. The standard InChI is InChI=1S/C20H18N6O2/c1-9-5-6-14(27)10(2)17(9)26-8-12-15-16(21-11(3)22-19(15)26)13-7-25(4)24-18(13)23-20(12)28/h5-8,27H,1-4H3,(H,23,24,28). The van der Waals surface area contributed by atoms with E-state index in [1.54, 1.807) is 24.0 Å². The van der Waals surface area contributed by atoms with Gasteiger partial charge in [-0.25, -0.2) is 9.97 Å². The number of phenols is 1. The fourth-order valence-corrected chi connectivity index (χ4v) is 3.90. The minimum absolute atomic E-state index is 0.195. The van der Waals surface area contributed by atoms with Crippen LogP contribution in [-0.2, 0) is 7.05 Å². The number of hydrogen-bond donors (Lipinski definition) is 2. The van der Waals surface area contributed by atoms with E-state index in [9.17, 15) is 9.90 Å². The molecule has 1 aromatic carbocycles. The smallest absolute Gasteiger partial charge is 0.259 e. The van der Waals surface area contributed by atoms with Gasteiger partial charge in [0.25, 0.3) is 5.91 Å². The predicted molar refractivity (Wildman–Crippen MR) is 105 cm³/mol. The molecule has 0 spiro atoms. The van der Waals surface area contributed by atoms with Gasteiger partial charge in [-0.3, -0.25) is 14.0 Å². The van der Waals surface area contributed by atoms with Crippen molar-refractivity contribution in [3.05, 3.63) is 47.0 Å². The Bertz CT molecular complexity index is 1310. The van der Waals surface area contributed by atoms with Crippen molar-refractivity contribution >= 4 is 22.8 Å². The van der Waals surface area contributed by atoms with E-state index in [1.165, 1.54) is 0 Å². The molecule has 0 aliphatic carbocycles. The van der Waals surface area contributed by atoms with E-state index in [-0.39, 0.29) is 11.7 Å². The van der Waals surface area contributed by atoms with Gasteiger partial charge in [-0.15, -0.1) is 0 Å². The second kappa shape index (κ2) is 5.41. The van der Waals surface area contributed by atoms with E-state index in [1.807, 2.05) is 37.6 Å². The first kappa shape index (κ1) is 16.5. The molecule has 0 atom stereocenters. The molecule has 0 fully saturated rings. The number of nitrogens with zero attached hydrogens (tertiary/aromatic N) is 5. The maximum Gasteiger partial charge on any atom is 0.259 e. The molecule has 0 unspecified atom stereocenters. The first-order valence-corrected chi connectivity index (χ1v) is 8.89. The highest BCUT2D eigenvalue weighted by Crippen LogP contribution is 2.39. The van der Waals surface area contributed by atoms with Crippen molar-refractivity contribution < 1.29 is 9.90 Å². The van der Waals surface area contributed by atoms with Gasteiger partial charge < -0.3 is 10.4 Å². The number of rotatable bonds is 1. The average molecular weight is 374 g/mol. The number of carbonyl (C=O) groups is 1. The van der Waals surface area contributed by atoms with Gasteiger partial charge in [-0.1, -0.05) is 6.07 Å². The average Bonchev–Trinajstić information content (AvgIpc) is 3.16. The Labute approximate surface area is 160 Å². The molecule has 1 amide bonds. The summed E-state index contributed by atoms with van der Waals surface area (Å²) in [5.41, 5.74) is 5.03. The van der Waals surface area contributed by atoms with E-state index in [0.717, 1.165) is 22.4 Å². The van der Waals surface area contributed by atoms with E-state index in [2.05, 4.69) is 20.4 Å². The van der Waals surface area contributed by atoms with Crippen LogP contribution in [0.3, 0.4) is 0 Å². The van der Waals surface area contributed by atoms with Crippen molar-refractivity contribution in [2.24, 2.45) is 7.05 Å². The number of hydrogen-bond acceptors (Lipinski definition) is 5. The molecule has 28 heavy (non-hydrogen) atoms. The number of fused-ring (bicyclic) bond motifs is 2. The van der Waals surface area contributed by atoms with Gasteiger partial charge >= 0.3 is 0 Å². The zero-order valence-electron chi connectivity index (χ0n) is 15.9. The highest BCUT2D eigenvalue weighted by Gasteiger charge is 2.29. The molecular weight excluding hydrogens is 356 g/mol. The summed E-state index contributed by atoms with van der Waals surface area (Å²) in [4.78, 5) is 22.2. The number of nitrogens with one attached hydrogen (secondary N) is 1. The zero-order valence-corrected chi connectivity index (χ0v) is 15.9. The number of phenolic OH excluding ortho intramolecular Hbond substituents is 1. The van der Waals surface area contributed by atoms with E-state index in [0.29, 0.717) is 33.9 Å². The van der Waals surface area contributed by atoms with Crippen molar-refractivity contribution in [3.8, 4) is 22.7 Å². The second-order valence-corrected chi connectivity index (χ2v) is 7.13. The van der Waals surface area contributed by atoms with Gasteiger partial charge in [-0.2, -0.15) is 5.10 Å². The second-order valence-electron chi connectivity index (χ2n) is 7.13. The molecule has 5 rings (SSSR count). The summed E-state index contributed by atoms with van der Waals surface area (Å²) in [5, 5.41) is 18.1. The Kier molecular flexibility index (Phi) is 3.19. The van der Waals surface area contributed by atoms with Crippen LogP contribution in [0.4, 0.5) is 5.82 Å². The van der Waals surface area contributed by atoms with E-state index in [4.69, 9.17) is 0 Å². The van der Waals surface area contributed by atoms with Gasteiger partial charge in [0, 0.05) is 25.0 Å². The summed E-state index contributed by atoms with van der Waals surface area (Å²) >= 11 is 0. The summed E-state index contributed by atoms with van der Waals surface area (Å²) in [7, 11) is 1.80. The number of aromatic nitrogens is 5. The molecular formula is C20H18N6O2. The van der Waals surface area contributed by atoms with Gasteiger partial charge in [0.1, 0.15) is 17.2 Å². The molecule has 3 aromatic heterocycles. The van der Waals surface area contributed by atoms with Crippen molar-refractivity contribution in [1.82, 2.24) is 24.3 Å². The summed E-state index contributed by atoms with van der Waals surface area (Å²) < 4.78 is 3.52. The molecule has 0 radical (unpaired) electrons. The largest absolute Gasteiger partial charge is 0.508 e. The van der Waals surface area contributed by atoms with Crippen LogP contribution < -0.4 is 5.32 Å². The highest BCUT2D eigenvalue weighted by molar-refractivity contribution is 6.19. The Balaban J connectivity index is 1.95. The number of aryl methyl sites for hydroxylation is 3. The third-order valence-electron chi connectivity index (χ3n) is 5.16. The molecule has 8 nitrogen and oxygen atoms in total. The van der Waals surface area contributed by atoms with Gasteiger partial charge in [0.05, 0.1) is 27.9 Å². The lowest BCUT2D eigenvalue weighted by atomic mass is 10.1. The Morgan fingerprint density at radius 2 is 1.86 bits per heavy atom. The molecule has 1 aliphatic rings. The molecule has 0 bridgehead atoms. The van der Waals surface area contributed by atoms with Gasteiger partial charge in [0.15, 0.2) is 5.82 Å². The Morgan fingerprint density at radius 1 is 1.07 bits per heavy atom. The number of aromatic hydroxyl groups is 1. The van der Waals surface area contributed by atoms with Crippen LogP contribution in [0.15, 0.2) is 24.5 Å².